The highest BCUT2D eigenvalue weighted by atomic mass is 16.5. The van der Waals surface area contributed by atoms with Crippen molar-refractivity contribution in [1.82, 2.24) is 14.7 Å². The first kappa shape index (κ1) is 18.4. The molecule has 3 rings (SSSR count). The molecule has 0 saturated heterocycles. The number of amides is 1. The smallest absolute Gasteiger partial charge is 0.303 e. The van der Waals surface area contributed by atoms with Gasteiger partial charge in [0.2, 0.25) is 0 Å². The van der Waals surface area contributed by atoms with Crippen LogP contribution in [0.2, 0.25) is 0 Å². The molecule has 2 aromatic heterocycles. The quantitative estimate of drug-likeness (QED) is 0.597. The summed E-state index contributed by atoms with van der Waals surface area (Å²) < 4.78 is 7.72. The summed E-state index contributed by atoms with van der Waals surface area (Å²) in [4.78, 5) is 27.1. The maximum atomic E-state index is 12.1. The maximum Gasteiger partial charge on any atom is 0.303 e. The SMILES string of the molecule is Cc1ccc2nc(COc3cccc(C(=O)NCCCC(=O)O)c3)cn2c1. The molecule has 0 fully saturated rings. The van der Waals surface area contributed by atoms with Gasteiger partial charge in [-0.3, -0.25) is 9.59 Å². The monoisotopic (exact) mass is 367 g/mol. The van der Waals surface area contributed by atoms with Crippen molar-refractivity contribution in [3.63, 3.8) is 0 Å². The average Bonchev–Trinajstić information content (AvgIpc) is 3.05. The zero-order chi connectivity index (χ0) is 19.2. The van der Waals surface area contributed by atoms with Crippen LogP contribution in [0, 0.1) is 6.92 Å². The van der Waals surface area contributed by atoms with E-state index < -0.39 is 5.97 Å². The van der Waals surface area contributed by atoms with Crippen LogP contribution in [0.15, 0.2) is 48.8 Å². The number of imidazole rings is 1. The summed E-state index contributed by atoms with van der Waals surface area (Å²) in [5, 5.41) is 11.3. The van der Waals surface area contributed by atoms with Gasteiger partial charge < -0.3 is 19.6 Å². The minimum absolute atomic E-state index is 0.0297. The van der Waals surface area contributed by atoms with E-state index in [-0.39, 0.29) is 12.3 Å². The predicted molar refractivity (Wildman–Crippen MR) is 99.9 cm³/mol. The molecule has 0 aliphatic rings. The first-order chi connectivity index (χ1) is 13.0. The summed E-state index contributed by atoms with van der Waals surface area (Å²) in [7, 11) is 0. The van der Waals surface area contributed by atoms with Crippen molar-refractivity contribution in [2.75, 3.05) is 6.54 Å². The van der Waals surface area contributed by atoms with Crippen molar-refractivity contribution in [1.29, 1.82) is 0 Å². The van der Waals surface area contributed by atoms with E-state index in [4.69, 9.17) is 9.84 Å². The lowest BCUT2D eigenvalue weighted by atomic mass is 10.2. The number of rotatable bonds is 8. The first-order valence-corrected chi connectivity index (χ1v) is 8.68. The largest absolute Gasteiger partial charge is 0.487 e. The van der Waals surface area contributed by atoms with Gasteiger partial charge >= 0.3 is 5.97 Å². The van der Waals surface area contributed by atoms with Crippen LogP contribution < -0.4 is 10.1 Å². The summed E-state index contributed by atoms with van der Waals surface area (Å²) in [5.74, 6) is -0.558. The van der Waals surface area contributed by atoms with Crippen LogP contribution in [0.1, 0.15) is 34.5 Å². The van der Waals surface area contributed by atoms with Gasteiger partial charge in [-0.1, -0.05) is 12.1 Å². The number of aliphatic carboxylic acids is 1. The fourth-order valence-electron chi connectivity index (χ4n) is 2.65. The molecule has 0 atom stereocenters. The van der Waals surface area contributed by atoms with Gasteiger partial charge in [0.05, 0.1) is 5.69 Å². The number of hydrogen-bond acceptors (Lipinski definition) is 4. The lowest BCUT2D eigenvalue weighted by molar-refractivity contribution is -0.137. The van der Waals surface area contributed by atoms with Crippen molar-refractivity contribution in [2.45, 2.75) is 26.4 Å². The van der Waals surface area contributed by atoms with Crippen LogP contribution in [0.5, 0.6) is 5.75 Å². The Bertz CT molecular complexity index is 965. The molecule has 1 amide bonds. The van der Waals surface area contributed by atoms with Crippen molar-refractivity contribution in [3.05, 3.63) is 65.6 Å². The summed E-state index contributed by atoms with van der Waals surface area (Å²) in [6, 6.07) is 10.8. The van der Waals surface area contributed by atoms with E-state index in [0.29, 0.717) is 30.9 Å². The number of hydrogen-bond donors (Lipinski definition) is 2. The molecular formula is C20H21N3O4. The van der Waals surface area contributed by atoms with Crippen molar-refractivity contribution < 1.29 is 19.4 Å². The number of aromatic nitrogens is 2. The van der Waals surface area contributed by atoms with Gasteiger partial charge in [0.1, 0.15) is 18.0 Å². The Labute approximate surface area is 156 Å². The van der Waals surface area contributed by atoms with Crippen molar-refractivity contribution in [2.24, 2.45) is 0 Å². The molecule has 2 heterocycles. The summed E-state index contributed by atoms with van der Waals surface area (Å²) in [5.41, 5.74) is 3.26. The molecule has 0 aliphatic carbocycles. The lowest BCUT2D eigenvalue weighted by Gasteiger charge is -2.07. The zero-order valence-corrected chi connectivity index (χ0v) is 15.0. The predicted octanol–water partition coefficient (Wildman–Crippen LogP) is 2.82. The van der Waals surface area contributed by atoms with Gasteiger partial charge in [-0.25, -0.2) is 4.98 Å². The normalized spacial score (nSPS) is 10.7. The number of benzene rings is 1. The number of pyridine rings is 1. The summed E-state index contributed by atoms with van der Waals surface area (Å²) >= 11 is 0. The van der Waals surface area contributed by atoms with Crippen LogP contribution in [-0.4, -0.2) is 32.9 Å². The van der Waals surface area contributed by atoms with E-state index >= 15 is 0 Å². The van der Waals surface area contributed by atoms with Crippen LogP contribution >= 0.6 is 0 Å². The minimum Gasteiger partial charge on any atom is -0.487 e. The molecule has 140 valence electrons. The third-order valence-electron chi connectivity index (χ3n) is 3.98. The number of fused-ring (bicyclic) bond motifs is 1. The Morgan fingerprint density at radius 1 is 1.22 bits per heavy atom. The second kappa shape index (κ2) is 8.35. The zero-order valence-electron chi connectivity index (χ0n) is 15.0. The number of ether oxygens (including phenoxy) is 1. The molecule has 0 saturated carbocycles. The topological polar surface area (TPSA) is 92.9 Å². The highest BCUT2D eigenvalue weighted by molar-refractivity contribution is 5.94. The first-order valence-electron chi connectivity index (χ1n) is 8.68. The fourth-order valence-corrected chi connectivity index (χ4v) is 2.65. The Morgan fingerprint density at radius 2 is 2.07 bits per heavy atom. The molecular weight excluding hydrogens is 346 g/mol. The Kier molecular flexibility index (Phi) is 5.71. The Hall–Kier alpha value is -3.35. The number of nitrogens with one attached hydrogen (secondary N) is 1. The molecule has 3 aromatic rings. The lowest BCUT2D eigenvalue weighted by Crippen LogP contribution is -2.24. The molecule has 27 heavy (non-hydrogen) atoms. The molecule has 0 spiro atoms. The van der Waals surface area contributed by atoms with Gasteiger partial charge in [-0.15, -0.1) is 0 Å². The van der Waals surface area contributed by atoms with Crippen LogP contribution in [0.4, 0.5) is 0 Å². The molecule has 7 heteroatoms. The number of carboxylic acid groups (broad SMARTS) is 1. The summed E-state index contributed by atoms with van der Waals surface area (Å²) in [6.07, 6.45) is 4.34. The second-order valence-electron chi connectivity index (χ2n) is 6.27. The average molecular weight is 367 g/mol. The second-order valence-corrected chi connectivity index (χ2v) is 6.27. The molecule has 0 radical (unpaired) electrons. The van der Waals surface area contributed by atoms with E-state index in [1.54, 1.807) is 24.3 Å². The van der Waals surface area contributed by atoms with E-state index in [9.17, 15) is 9.59 Å². The number of aryl methyl sites for hydroxylation is 1. The van der Waals surface area contributed by atoms with Crippen LogP contribution in [-0.2, 0) is 11.4 Å². The number of nitrogens with zero attached hydrogens (tertiary/aromatic N) is 2. The molecule has 0 aliphatic heterocycles. The van der Waals surface area contributed by atoms with Gasteiger partial charge in [0.25, 0.3) is 5.91 Å². The Balaban J connectivity index is 1.58. The van der Waals surface area contributed by atoms with Crippen molar-refractivity contribution in [3.8, 4) is 5.75 Å². The molecule has 1 aromatic carbocycles. The maximum absolute atomic E-state index is 12.1. The van der Waals surface area contributed by atoms with Crippen LogP contribution in [0.25, 0.3) is 5.65 Å². The van der Waals surface area contributed by atoms with Gasteiger partial charge in [0.15, 0.2) is 0 Å². The molecule has 0 unspecified atom stereocenters. The molecule has 2 N–H and O–H groups in total. The van der Waals surface area contributed by atoms with E-state index in [1.165, 1.54) is 0 Å². The summed E-state index contributed by atoms with van der Waals surface area (Å²) in [6.45, 7) is 2.63. The van der Waals surface area contributed by atoms with E-state index in [2.05, 4.69) is 10.3 Å². The number of carbonyl (C=O) groups is 2. The highest BCUT2D eigenvalue weighted by Gasteiger charge is 2.08. The van der Waals surface area contributed by atoms with Gasteiger partial charge in [0, 0.05) is 30.9 Å². The fraction of sp³-hybridized carbons (Fsp3) is 0.250. The molecule has 0 bridgehead atoms. The molecule has 7 nitrogen and oxygen atoms in total. The number of carbonyl (C=O) groups excluding carboxylic acids is 1. The van der Waals surface area contributed by atoms with Crippen LogP contribution in [0.3, 0.4) is 0 Å². The Morgan fingerprint density at radius 3 is 2.89 bits per heavy atom. The van der Waals surface area contributed by atoms with Gasteiger partial charge in [-0.05, 0) is 43.2 Å². The highest BCUT2D eigenvalue weighted by Crippen LogP contribution is 2.16. The van der Waals surface area contributed by atoms with E-state index in [1.807, 2.05) is 35.9 Å². The third-order valence-corrected chi connectivity index (χ3v) is 3.98. The standard InChI is InChI=1S/C20H21N3O4/c1-14-7-8-18-22-16(12-23(18)11-14)13-27-17-5-2-4-15(10-17)20(26)21-9-3-6-19(24)25/h2,4-5,7-8,10-12H,3,6,9,13H2,1H3,(H,21,26)(H,24,25). The minimum atomic E-state index is -0.873. The third kappa shape index (κ3) is 5.07. The van der Waals surface area contributed by atoms with Gasteiger partial charge in [-0.2, -0.15) is 0 Å². The van der Waals surface area contributed by atoms with E-state index in [0.717, 1.165) is 16.9 Å². The number of carboxylic acids is 1. The van der Waals surface area contributed by atoms with Crippen molar-refractivity contribution >= 4 is 17.5 Å².